The van der Waals surface area contributed by atoms with Crippen LogP contribution in [0.3, 0.4) is 0 Å². The van der Waals surface area contributed by atoms with Gasteiger partial charge in [0.25, 0.3) is 5.91 Å². The van der Waals surface area contributed by atoms with Crippen molar-refractivity contribution in [3.8, 4) is 28.4 Å². The number of nitrogen functional groups attached to an aromatic ring is 1. The number of hydrogen-bond donors (Lipinski definition) is 1. The number of carbonyl (C=O) groups excluding carboxylic acids is 1. The van der Waals surface area contributed by atoms with Crippen molar-refractivity contribution in [2.45, 2.75) is 12.8 Å². The van der Waals surface area contributed by atoms with Crippen LogP contribution in [0.4, 0.5) is 5.82 Å². The zero-order chi connectivity index (χ0) is 24.5. The molecule has 36 heavy (non-hydrogen) atoms. The summed E-state index contributed by atoms with van der Waals surface area (Å²) < 4.78 is 7.67. The van der Waals surface area contributed by atoms with Crippen LogP contribution in [0.15, 0.2) is 91.1 Å². The lowest BCUT2D eigenvalue weighted by Gasteiger charge is -2.15. The highest BCUT2D eigenvalue weighted by molar-refractivity contribution is 5.95. The van der Waals surface area contributed by atoms with Crippen molar-refractivity contribution in [2.75, 3.05) is 18.8 Å². The number of carbonyl (C=O) groups is 1. The molecule has 1 aliphatic heterocycles. The van der Waals surface area contributed by atoms with Gasteiger partial charge in [0, 0.05) is 29.6 Å². The van der Waals surface area contributed by atoms with Gasteiger partial charge in [-0.2, -0.15) is 0 Å². The van der Waals surface area contributed by atoms with Gasteiger partial charge in [-0.05, 0) is 67.4 Å². The maximum absolute atomic E-state index is 12.6. The number of rotatable bonds is 5. The van der Waals surface area contributed by atoms with E-state index in [0.29, 0.717) is 11.4 Å². The number of amides is 1. The smallest absolute Gasteiger partial charge is 0.253 e. The number of ether oxygens (including phenoxy) is 1. The Hall–Kier alpha value is -4.65. The van der Waals surface area contributed by atoms with E-state index < -0.39 is 0 Å². The fourth-order valence-electron chi connectivity index (χ4n) is 4.56. The molecule has 178 valence electrons. The normalized spacial score (nSPS) is 13.3. The highest BCUT2D eigenvalue weighted by Crippen LogP contribution is 2.29. The van der Waals surface area contributed by atoms with E-state index in [1.807, 2.05) is 89.8 Å². The number of fused-ring (bicyclic) bond motifs is 1. The van der Waals surface area contributed by atoms with Gasteiger partial charge in [0.05, 0.1) is 23.1 Å². The van der Waals surface area contributed by atoms with Gasteiger partial charge in [-0.25, -0.2) is 4.68 Å². The third kappa shape index (κ3) is 4.15. The van der Waals surface area contributed by atoms with Crippen molar-refractivity contribution in [1.82, 2.24) is 19.7 Å². The Morgan fingerprint density at radius 3 is 2.28 bits per heavy atom. The predicted molar refractivity (Wildman–Crippen MR) is 140 cm³/mol. The maximum Gasteiger partial charge on any atom is 0.253 e. The lowest BCUT2D eigenvalue weighted by molar-refractivity contribution is 0.0793. The van der Waals surface area contributed by atoms with E-state index in [0.717, 1.165) is 65.3 Å². The van der Waals surface area contributed by atoms with E-state index in [1.165, 1.54) is 0 Å². The van der Waals surface area contributed by atoms with Gasteiger partial charge in [0.2, 0.25) is 0 Å². The summed E-state index contributed by atoms with van der Waals surface area (Å²) in [6, 6.07) is 26.9. The van der Waals surface area contributed by atoms with Gasteiger partial charge in [-0.1, -0.05) is 30.3 Å². The van der Waals surface area contributed by atoms with Crippen LogP contribution in [0.2, 0.25) is 0 Å². The molecular weight excluding hydrogens is 450 g/mol. The Balaban J connectivity index is 1.25. The van der Waals surface area contributed by atoms with Crippen molar-refractivity contribution in [3.05, 3.63) is 96.7 Å². The van der Waals surface area contributed by atoms with E-state index in [4.69, 9.17) is 10.5 Å². The number of anilines is 1. The van der Waals surface area contributed by atoms with Crippen molar-refractivity contribution in [2.24, 2.45) is 0 Å². The second kappa shape index (κ2) is 9.19. The number of nitrogens with zero attached hydrogens (tertiary/aromatic N) is 4. The number of hydrogen-bond acceptors (Lipinski definition) is 5. The molecule has 2 aromatic heterocycles. The predicted octanol–water partition coefficient (Wildman–Crippen LogP) is 5.70. The summed E-state index contributed by atoms with van der Waals surface area (Å²) in [6.07, 6.45) is 3.94. The fraction of sp³-hybridized carbons (Fsp3) is 0.138. The quantitative estimate of drug-likeness (QED) is 0.352. The number of benzene rings is 3. The first-order valence-electron chi connectivity index (χ1n) is 12.0. The average molecular weight is 476 g/mol. The fourth-order valence-corrected chi connectivity index (χ4v) is 4.56. The molecule has 0 bridgehead atoms. The molecule has 7 nitrogen and oxygen atoms in total. The Labute approximate surface area is 208 Å². The zero-order valence-corrected chi connectivity index (χ0v) is 19.7. The van der Waals surface area contributed by atoms with E-state index in [2.05, 4.69) is 10.1 Å². The van der Waals surface area contributed by atoms with Crippen LogP contribution in [-0.4, -0.2) is 38.7 Å². The SMILES string of the molecule is Nc1nn(-c2ccc(Oc3ccccc3)cc2)c2cnc(-c3ccc(C(=O)N4CCCC4)cc3)cc12. The van der Waals surface area contributed by atoms with Gasteiger partial charge >= 0.3 is 0 Å². The summed E-state index contributed by atoms with van der Waals surface area (Å²) in [4.78, 5) is 19.2. The zero-order valence-electron chi connectivity index (χ0n) is 19.7. The third-order valence-electron chi connectivity index (χ3n) is 6.48. The summed E-state index contributed by atoms with van der Waals surface area (Å²) >= 11 is 0. The number of pyridine rings is 1. The van der Waals surface area contributed by atoms with Crippen molar-refractivity contribution < 1.29 is 9.53 Å². The largest absolute Gasteiger partial charge is 0.457 e. The second-order valence-electron chi connectivity index (χ2n) is 8.87. The number of para-hydroxylation sites is 1. The molecular formula is C29H25N5O2. The van der Waals surface area contributed by atoms with Gasteiger partial charge < -0.3 is 15.4 Å². The molecule has 3 aromatic carbocycles. The van der Waals surface area contributed by atoms with Crippen LogP contribution < -0.4 is 10.5 Å². The molecule has 5 aromatic rings. The average Bonchev–Trinajstić information content (AvgIpc) is 3.58. The first-order chi connectivity index (χ1) is 17.7. The number of aromatic nitrogens is 3. The lowest BCUT2D eigenvalue weighted by Crippen LogP contribution is -2.27. The monoisotopic (exact) mass is 475 g/mol. The summed E-state index contributed by atoms with van der Waals surface area (Å²) in [7, 11) is 0. The van der Waals surface area contributed by atoms with Crippen molar-refractivity contribution >= 4 is 22.6 Å². The highest BCUT2D eigenvalue weighted by atomic mass is 16.5. The van der Waals surface area contributed by atoms with Crippen LogP contribution in [0.25, 0.3) is 27.8 Å². The minimum absolute atomic E-state index is 0.0909. The molecule has 0 aliphatic carbocycles. The highest BCUT2D eigenvalue weighted by Gasteiger charge is 2.19. The molecule has 7 heteroatoms. The van der Waals surface area contributed by atoms with E-state index in [1.54, 1.807) is 10.9 Å². The van der Waals surface area contributed by atoms with Crippen molar-refractivity contribution in [1.29, 1.82) is 0 Å². The standard InChI is InChI=1S/C29H25N5O2/c30-28-25-18-26(20-8-10-21(11-9-20)29(35)33-16-4-5-17-33)31-19-27(25)34(32-28)22-12-14-24(15-13-22)36-23-6-2-1-3-7-23/h1-3,6-15,18-19H,4-5,16-17H2,(H2,30,32). The Morgan fingerprint density at radius 1 is 0.861 bits per heavy atom. The van der Waals surface area contributed by atoms with E-state index in [9.17, 15) is 4.79 Å². The van der Waals surface area contributed by atoms with Crippen molar-refractivity contribution in [3.63, 3.8) is 0 Å². The van der Waals surface area contributed by atoms with Crippen LogP contribution in [0, 0.1) is 0 Å². The second-order valence-corrected chi connectivity index (χ2v) is 8.87. The van der Waals surface area contributed by atoms with Gasteiger partial charge in [-0.3, -0.25) is 9.78 Å². The van der Waals surface area contributed by atoms with E-state index in [-0.39, 0.29) is 5.91 Å². The summed E-state index contributed by atoms with van der Waals surface area (Å²) in [6.45, 7) is 1.68. The molecule has 2 N–H and O–H groups in total. The maximum atomic E-state index is 12.6. The molecule has 0 spiro atoms. The minimum Gasteiger partial charge on any atom is -0.457 e. The first-order valence-corrected chi connectivity index (χ1v) is 12.0. The third-order valence-corrected chi connectivity index (χ3v) is 6.48. The molecule has 0 saturated carbocycles. The van der Waals surface area contributed by atoms with Crippen LogP contribution in [-0.2, 0) is 0 Å². The topological polar surface area (TPSA) is 86.3 Å². The van der Waals surface area contributed by atoms with Gasteiger partial charge in [0.15, 0.2) is 5.82 Å². The molecule has 1 aliphatic rings. The Morgan fingerprint density at radius 2 is 1.56 bits per heavy atom. The number of likely N-dealkylation sites (tertiary alicyclic amines) is 1. The molecule has 1 fully saturated rings. The summed E-state index contributed by atoms with van der Waals surface area (Å²) in [5.41, 5.74) is 10.4. The van der Waals surface area contributed by atoms with Crippen LogP contribution in [0.1, 0.15) is 23.2 Å². The van der Waals surface area contributed by atoms with Gasteiger partial charge in [-0.15, -0.1) is 5.10 Å². The van der Waals surface area contributed by atoms with Gasteiger partial charge in [0.1, 0.15) is 11.5 Å². The van der Waals surface area contributed by atoms with E-state index >= 15 is 0 Å². The first kappa shape index (κ1) is 21.9. The van der Waals surface area contributed by atoms with Crippen LogP contribution >= 0.6 is 0 Å². The molecule has 0 radical (unpaired) electrons. The number of nitrogens with two attached hydrogens (primary N) is 1. The minimum atomic E-state index is 0.0909. The Kier molecular flexibility index (Phi) is 5.58. The molecule has 3 heterocycles. The summed E-state index contributed by atoms with van der Waals surface area (Å²) in [5.74, 6) is 2.04. The molecule has 6 rings (SSSR count). The lowest BCUT2D eigenvalue weighted by atomic mass is 10.1. The van der Waals surface area contributed by atoms with Crippen LogP contribution in [0.5, 0.6) is 11.5 Å². The summed E-state index contributed by atoms with van der Waals surface area (Å²) in [5, 5.41) is 5.37. The molecule has 0 atom stereocenters. The molecule has 1 saturated heterocycles. The Bertz CT molecular complexity index is 1520. The molecule has 0 unspecified atom stereocenters. The molecule has 1 amide bonds.